The number of carbonyl (C=O) groups is 1. The fourth-order valence-electron chi connectivity index (χ4n) is 1.32. The molecule has 0 saturated heterocycles. The molecule has 8 heteroatoms. The van der Waals surface area contributed by atoms with E-state index in [1.54, 1.807) is 13.8 Å². The number of aliphatic hydroxyl groups is 1. The van der Waals surface area contributed by atoms with Crippen molar-refractivity contribution < 1.29 is 23.4 Å². The summed E-state index contributed by atoms with van der Waals surface area (Å²) < 4.78 is 26.3. The first-order valence-corrected chi connectivity index (χ1v) is 7.46. The Morgan fingerprint density at radius 1 is 1.44 bits per heavy atom. The zero-order valence-electron chi connectivity index (χ0n) is 10.0. The van der Waals surface area contributed by atoms with Crippen LogP contribution in [0, 0.1) is 0 Å². The molecule has 0 atom stereocenters. The van der Waals surface area contributed by atoms with Crippen LogP contribution in [0.25, 0.3) is 0 Å². The lowest BCUT2D eigenvalue weighted by atomic mass is 10.0. The van der Waals surface area contributed by atoms with Crippen molar-refractivity contribution in [2.45, 2.75) is 30.0 Å². The number of nitrogens with one attached hydrogen (secondary N) is 1. The Labute approximate surface area is 109 Å². The first kappa shape index (κ1) is 15.1. The second-order valence-electron chi connectivity index (χ2n) is 4.39. The van der Waals surface area contributed by atoms with E-state index in [4.69, 9.17) is 10.2 Å². The molecule has 0 unspecified atom stereocenters. The molecule has 0 aliphatic heterocycles. The lowest BCUT2D eigenvalue weighted by molar-refractivity contribution is 0.0702. The summed E-state index contributed by atoms with van der Waals surface area (Å²) >= 11 is 0.694. The topological polar surface area (TPSA) is 104 Å². The van der Waals surface area contributed by atoms with Gasteiger partial charge in [0.05, 0.1) is 0 Å². The number of hydrogen-bond donors (Lipinski definition) is 3. The third-order valence-corrected chi connectivity index (χ3v) is 5.47. The molecule has 0 radical (unpaired) electrons. The number of carboxylic acid groups (broad SMARTS) is 1. The summed E-state index contributed by atoms with van der Waals surface area (Å²) in [4.78, 5) is 10.7. The van der Waals surface area contributed by atoms with Crippen LogP contribution in [0.5, 0.6) is 0 Å². The van der Waals surface area contributed by atoms with Crippen molar-refractivity contribution in [3.63, 3.8) is 0 Å². The zero-order valence-corrected chi connectivity index (χ0v) is 11.6. The molecule has 1 rings (SSSR count). The third kappa shape index (κ3) is 3.77. The van der Waals surface area contributed by atoms with E-state index in [1.165, 1.54) is 12.1 Å². The standard InChI is InChI=1S/C10H15NO5S2/c1-10(2,5-6-12)11-18(15,16)8-4-3-7(17-8)9(13)14/h3-4,11-12H,5-6H2,1-2H3,(H,13,14). The molecular weight excluding hydrogens is 278 g/mol. The van der Waals surface area contributed by atoms with Crippen LogP contribution in [-0.2, 0) is 10.0 Å². The van der Waals surface area contributed by atoms with E-state index in [9.17, 15) is 13.2 Å². The lowest BCUT2D eigenvalue weighted by Crippen LogP contribution is -2.43. The highest BCUT2D eigenvalue weighted by atomic mass is 32.2. The molecule has 0 fully saturated rings. The third-order valence-electron chi connectivity index (χ3n) is 2.20. The van der Waals surface area contributed by atoms with E-state index in [0.29, 0.717) is 11.3 Å². The molecule has 0 spiro atoms. The smallest absolute Gasteiger partial charge is 0.345 e. The van der Waals surface area contributed by atoms with Crippen LogP contribution in [-0.4, -0.2) is 36.7 Å². The Morgan fingerprint density at radius 3 is 2.50 bits per heavy atom. The maximum absolute atomic E-state index is 12.0. The van der Waals surface area contributed by atoms with Crippen molar-refractivity contribution in [1.29, 1.82) is 0 Å². The van der Waals surface area contributed by atoms with Crippen LogP contribution in [0.3, 0.4) is 0 Å². The van der Waals surface area contributed by atoms with Gasteiger partial charge in [0.15, 0.2) is 0 Å². The Balaban J connectivity index is 2.96. The predicted octanol–water partition coefficient (Wildman–Crippen LogP) is 0.886. The fourth-order valence-corrected chi connectivity index (χ4v) is 3.91. The molecule has 1 aromatic heterocycles. The average molecular weight is 293 g/mol. The van der Waals surface area contributed by atoms with Crippen LogP contribution >= 0.6 is 11.3 Å². The first-order chi connectivity index (χ1) is 8.18. The molecule has 0 aromatic carbocycles. The number of carboxylic acids is 1. The molecule has 3 N–H and O–H groups in total. The summed E-state index contributed by atoms with van der Waals surface area (Å²) in [5, 5.41) is 17.6. The van der Waals surface area contributed by atoms with Gasteiger partial charge in [0.25, 0.3) is 10.0 Å². The maximum Gasteiger partial charge on any atom is 0.345 e. The normalized spacial score (nSPS) is 12.6. The highest BCUT2D eigenvalue weighted by molar-refractivity contribution is 7.91. The number of sulfonamides is 1. The van der Waals surface area contributed by atoms with Crippen LogP contribution in [0.2, 0.25) is 0 Å². The fraction of sp³-hybridized carbons (Fsp3) is 0.500. The first-order valence-electron chi connectivity index (χ1n) is 5.16. The van der Waals surface area contributed by atoms with Crippen molar-refractivity contribution >= 4 is 27.3 Å². The maximum atomic E-state index is 12.0. The van der Waals surface area contributed by atoms with E-state index in [-0.39, 0.29) is 22.1 Å². The summed E-state index contributed by atoms with van der Waals surface area (Å²) in [5.74, 6) is -1.16. The van der Waals surface area contributed by atoms with Gasteiger partial charge in [0.1, 0.15) is 9.09 Å². The van der Waals surface area contributed by atoms with Gasteiger partial charge in [-0.1, -0.05) is 0 Å². The highest BCUT2D eigenvalue weighted by Crippen LogP contribution is 2.23. The van der Waals surface area contributed by atoms with Crippen molar-refractivity contribution in [2.75, 3.05) is 6.61 Å². The molecule has 102 valence electrons. The molecule has 0 aliphatic carbocycles. The number of aromatic carboxylic acids is 1. The molecule has 1 heterocycles. The minimum absolute atomic E-state index is 0.0321. The van der Waals surface area contributed by atoms with Gasteiger partial charge in [-0.3, -0.25) is 0 Å². The van der Waals surface area contributed by atoms with E-state index in [2.05, 4.69) is 4.72 Å². The van der Waals surface area contributed by atoms with Gasteiger partial charge in [0, 0.05) is 12.1 Å². The predicted molar refractivity (Wildman–Crippen MR) is 67.4 cm³/mol. The lowest BCUT2D eigenvalue weighted by Gasteiger charge is -2.24. The van der Waals surface area contributed by atoms with Crippen LogP contribution in [0.4, 0.5) is 0 Å². The van der Waals surface area contributed by atoms with Crippen molar-refractivity contribution in [1.82, 2.24) is 4.72 Å². The SMILES string of the molecule is CC(C)(CCO)NS(=O)(=O)c1ccc(C(=O)O)s1. The van der Waals surface area contributed by atoms with Gasteiger partial charge >= 0.3 is 5.97 Å². The second-order valence-corrected chi connectivity index (χ2v) is 7.38. The van der Waals surface area contributed by atoms with Crippen LogP contribution in [0.15, 0.2) is 16.3 Å². The van der Waals surface area contributed by atoms with Gasteiger partial charge in [-0.25, -0.2) is 17.9 Å². The minimum atomic E-state index is -3.76. The number of hydrogen-bond acceptors (Lipinski definition) is 5. The Kier molecular flexibility index (Phi) is 4.49. The quantitative estimate of drug-likeness (QED) is 0.722. The Morgan fingerprint density at radius 2 is 2.06 bits per heavy atom. The summed E-state index contributed by atoms with van der Waals surface area (Å²) in [7, 11) is -3.76. The van der Waals surface area contributed by atoms with Gasteiger partial charge in [-0.05, 0) is 32.4 Å². The van der Waals surface area contributed by atoms with Gasteiger partial charge in [-0.15, -0.1) is 11.3 Å². The van der Waals surface area contributed by atoms with Crippen molar-refractivity contribution in [3.8, 4) is 0 Å². The monoisotopic (exact) mass is 293 g/mol. The molecule has 18 heavy (non-hydrogen) atoms. The van der Waals surface area contributed by atoms with E-state index >= 15 is 0 Å². The largest absolute Gasteiger partial charge is 0.477 e. The summed E-state index contributed by atoms with van der Waals surface area (Å²) in [6.07, 6.45) is 0.267. The number of thiophene rings is 1. The molecule has 0 saturated carbocycles. The van der Waals surface area contributed by atoms with Crippen LogP contribution in [0.1, 0.15) is 29.9 Å². The van der Waals surface area contributed by atoms with Crippen molar-refractivity contribution in [2.24, 2.45) is 0 Å². The average Bonchev–Trinajstić information content (AvgIpc) is 2.64. The summed E-state index contributed by atoms with van der Waals surface area (Å²) in [6, 6.07) is 2.51. The number of rotatable bonds is 6. The Hall–Kier alpha value is -0.960. The van der Waals surface area contributed by atoms with Gasteiger partial charge in [-0.2, -0.15) is 0 Å². The molecular formula is C10H15NO5S2. The van der Waals surface area contributed by atoms with Crippen LogP contribution < -0.4 is 4.72 Å². The van der Waals surface area contributed by atoms with E-state index in [1.807, 2.05) is 0 Å². The second kappa shape index (κ2) is 5.35. The summed E-state index contributed by atoms with van der Waals surface area (Å²) in [6.45, 7) is 3.15. The summed E-state index contributed by atoms with van der Waals surface area (Å²) in [5.41, 5.74) is -0.791. The van der Waals surface area contributed by atoms with E-state index in [0.717, 1.165) is 0 Å². The molecule has 0 bridgehead atoms. The molecule has 1 aromatic rings. The van der Waals surface area contributed by atoms with Gasteiger partial charge < -0.3 is 10.2 Å². The van der Waals surface area contributed by atoms with Crippen molar-refractivity contribution in [3.05, 3.63) is 17.0 Å². The minimum Gasteiger partial charge on any atom is -0.477 e. The number of aliphatic hydroxyl groups excluding tert-OH is 1. The Bertz CT molecular complexity index is 532. The zero-order chi connectivity index (χ0) is 14.0. The van der Waals surface area contributed by atoms with E-state index < -0.39 is 21.5 Å². The highest BCUT2D eigenvalue weighted by Gasteiger charge is 2.27. The molecule has 0 amide bonds. The molecule has 6 nitrogen and oxygen atoms in total. The molecule has 0 aliphatic rings. The van der Waals surface area contributed by atoms with Gasteiger partial charge in [0.2, 0.25) is 0 Å².